The zero-order valence-electron chi connectivity index (χ0n) is 12.3. The lowest BCUT2D eigenvalue weighted by Gasteiger charge is -2.21. The van der Waals surface area contributed by atoms with E-state index in [1.54, 1.807) is 6.92 Å². The SMILES string of the molecule is Cc1nc(C(C)C)[nH]c(=O)c1C(=O)N1CCC[C@@H]1C(=O)O. The molecule has 1 aliphatic heterocycles. The van der Waals surface area contributed by atoms with Crippen molar-refractivity contribution >= 4 is 11.9 Å². The summed E-state index contributed by atoms with van der Waals surface area (Å²) in [6.45, 7) is 5.72. The Kier molecular flexibility index (Phi) is 4.11. The molecule has 0 radical (unpaired) electrons. The Hall–Kier alpha value is -2.18. The lowest BCUT2D eigenvalue weighted by molar-refractivity contribution is -0.141. The van der Waals surface area contributed by atoms with Crippen LogP contribution in [0.25, 0.3) is 0 Å². The zero-order valence-corrected chi connectivity index (χ0v) is 12.3. The Labute approximate surface area is 122 Å². The predicted molar refractivity (Wildman–Crippen MR) is 75.4 cm³/mol. The quantitative estimate of drug-likeness (QED) is 0.861. The van der Waals surface area contributed by atoms with E-state index in [0.29, 0.717) is 30.9 Å². The summed E-state index contributed by atoms with van der Waals surface area (Å²) in [5, 5.41) is 9.14. The third kappa shape index (κ3) is 2.81. The molecule has 1 amide bonds. The highest BCUT2D eigenvalue weighted by molar-refractivity contribution is 5.97. The molecule has 2 heterocycles. The Bertz CT molecular complexity index is 636. The molecule has 0 unspecified atom stereocenters. The van der Waals surface area contributed by atoms with Gasteiger partial charge in [0.05, 0.1) is 5.69 Å². The number of rotatable bonds is 3. The number of aryl methyl sites for hydroxylation is 1. The van der Waals surface area contributed by atoms with Gasteiger partial charge in [0.1, 0.15) is 17.4 Å². The number of amides is 1. The molecular weight excluding hydrogens is 274 g/mol. The average molecular weight is 293 g/mol. The fourth-order valence-corrected chi connectivity index (χ4v) is 2.54. The van der Waals surface area contributed by atoms with Gasteiger partial charge in [0.2, 0.25) is 0 Å². The molecule has 7 heteroatoms. The van der Waals surface area contributed by atoms with Crippen LogP contribution in [-0.2, 0) is 4.79 Å². The van der Waals surface area contributed by atoms with Crippen molar-refractivity contribution in [2.24, 2.45) is 0 Å². The first-order chi connectivity index (χ1) is 9.82. The fraction of sp³-hybridized carbons (Fsp3) is 0.571. The molecule has 2 rings (SSSR count). The van der Waals surface area contributed by atoms with E-state index in [-0.39, 0.29) is 11.5 Å². The lowest BCUT2D eigenvalue weighted by Crippen LogP contribution is -2.43. The molecule has 21 heavy (non-hydrogen) atoms. The Morgan fingerprint density at radius 2 is 2.10 bits per heavy atom. The summed E-state index contributed by atoms with van der Waals surface area (Å²) in [4.78, 5) is 43.9. The first-order valence-corrected chi connectivity index (χ1v) is 6.97. The van der Waals surface area contributed by atoms with Gasteiger partial charge in [0, 0.05) is 12.5 Å². The average Bonchev–Trinajstić information content (AvgIpc) is 2.86. The second-order valence-electron chi connectivity index (χ2n) is 5.56. The molecule has 0 spiro atoms. The van der Waals surface area contributed by atoms with Crippen molar-refractivity contribution < 1.29 is 14.7 Å². The number of carboxylic acids is 1. The van der Waals surface area contributed by atoms with E-state index < -0.39 is 23.5 Å². The topological polar surface area (TPSA) is 103 Å². The van der Waals surface area contributed by atoms with Gasteiger partial charge in [-0.25, -0.2) is 9.78 Å². The first-order valence-electron chi connectivity index (χ1n) is 6.97. The predicted octanol–water partition coefficient (Wildman–Crippen LogP) is 0.891. The maximum atomic E-state index is 12.5. The summed E-state index contributed by atoms with van der Waals surface area (Å²) in [6.07, 6.45) is 1.03. The molecular formula is C14H19N3O4. The van der Waals surface area contributed by atoms with Crippen LogP contribution in [0.2, 0.25) is 0 Å². The van der Waals surface area contributed by atoms with E-state index in [0.717, 1.165) is 0 Å². The van der Waals surface area contributed by atoms with E-state index >= 15 is 0 Å². The summed E-state index contributed by atoms with van der Waals surface area (Å²) in [5.41, 5.74) is -0.233. The van der Waals surface area contributed by atoms with Crippen LogP contribution in [0.15, 0.2) is 4.79 Å². The van der Waals surface area contributed by atoms with Crippen LogP contribution >= 0.6 is 0 Å². The number of hydrogen-bond acceptors (Lipinski definition) is 4. The third-order valence-corrected chi connectivity index (χ3v) is 3.68. The number of nitrogens with one attached hydrogen (secondary N) is 1. The van der Waals surface area contributed by atoms with Crippen LogP contribution < -0.4 is 5.56 Å². The smallest absolute Gasteiger partial charge is 0.326 e. The minimum Gasteiger partial charge on any atom is -0.480 e. The highest BCUT2D eigenvalue weighted by atomic mass is 16.4. The van der Waals surface area contributed by atoms with Crippen molar-refractivity contribution in [3.8, 4) is 0 Å². The summed E-state index contributed by atoms with van der Waals surface area (Å²) in [7, 11) is 0. The van der Waals surface area contributed by atoms with Gasteiger partial charge in [-0.3, -0.25) is 9.59 Å². The van der Waals surface area contributed by atoms with E-state index in [2.05, 4.69) is 9.97 Å². The summed E-state index contributed by atoms with van der Waals surface area (Å²) in [6, 6.07) is -0.860. The molecule has 2 N–H and O–H groups in total. The number of H-pyrrole nitrogens is 1. The molecule has 0 aromatic carbocycles. The Balaban J connectivity index is 2.40. The number of likely N-dealkylation sites (tertiary alicyclic amines) is 1. The Morgan fingerprint density at radius 1 is 1.43 bits per heavy atom. The maximum Gasteiger partial charge on any atom is 0.326 e. The molecule has 1 aromatic rings. The number of aliphatic carboxylic acids is 1. The highest BCUT2D eigenvalue weighted by Crippen LogP contribution is 2.20. The van der Waals surface area contributed by atoms with Crippen LogP contribution in [-0.4, -0.2) is 44.4 Å². The third-order valence-electron chi connectivity index (χ3n) is 3.68. The van der Waals surface area contributed by atoms with Gasteiger partial charge in [-0.1, -0.05) is 13.8 Å². The number of carbonyl (C=O) groups excluding carboxylic acids is 1. The van der Waals surface area contributed by atoms with Gasteiger partial charge < -0.3 is 15.0 Å². The van der Waals surface area contributed by atoms with E-state index in [4.69, 9.17) is 5.11 Å². The lowest BCUT2D eigenvalue weighted by atomic mass is 10.1. The summed E-state index contributed by atoms with van der Waals surface area (Å²) >= 11 is 0. The van der Waals surface area contributed by atoms with Crippen molar-refractivity contribution in [2.45, 2.75) is 45.6 Å². The van der Waals surface area contributed by atoms with Crippen LogP contribution in [0.4, 0.5) is 0 Å². The van der Waals surface area contributed by atoms with E-state index in [1.807, 2.05) is 13.8 Å². The fourth-order valence-electron chi connectivity index (χ4n) is 2.54. The molecule has 0 saturated carbocycles. The zero-order chi connectivity index (χ0) is 15.7. The summed E-state index contributed by atoms with van der Waals surface area (Å²) < 4.78 is 0. The van der Waals surface area contributed by atoms with Crippen LogP contribution in [0, 0.1) is 6.92 Å². The van der Waals surface area contributed by atoms with Crippen molar-refractivity contribution in [1.29, 1.82) is 0 Å². The molecule has 1 fully saturated rings. The Morgan fingerprint density at radius 3 is 2.62 bits per heavy atom. The molecule has 0 aliphatic carbocycles. The van der Waals surface area contributed by atoms with Gasteiger partial charge >= 0.3 is 5.97 Å². The van der Waals surface area contributed by atoms with E-state index in [1.165, 1.54) is 4.90 Å². The van der Waals surface area contributed by atoms with Gasteiger partial charge in [0.25, 0.3) is 11.5 Å². The number of hydrogen-bond donors (Lipinski definition) is 2. The number of aromatic amines is 1. The van der Waals surface area contributed by atoms with Crippen molar-refractivity contribution in [3.05, 3.63) is 27.4 Å². The van der Waals surface area contributed by atoms with Crippen molar-refractivity contribution in [3.63, 3.8) is 0 Å². The minimum atomic E-state index is -1.04. The highest BCUT2D eigenvalue weighted by Gasteiger charge is 2.36. The molecule has 0 bridgehead atoms. The van der Waals surface area contributed by atoms with Gasteiger partial charge in [-0.2, -0.15) is 0 Å². The molecule has 7 nitrogen and oxygen atoms in total. The van der Waals surface area contributed by atoms with Crippen molar-refractivity contribution in [2.75, 3.05) is 6.54 Å². The number of carboxylic acid groups (broad SMARTS) is 1. The van der Waals surface area contributed by atoms with Crippen LogP contribution in [0.3, 0.4) is 0 Å². The second kappa shape index (κ2) is 5.67. The monoisotopic (exact) mass is 293 g/mol. The van der Waals surface area contributed by atoms with Crippen LogP contribution in [0.5, 0.6) is 0 Å². The second-order valence-corrected chi connectivity index (χ2v) is 5.56. The van der Waals surface area contributed by atoms with Crippen molar-refractivity contribution in [1.82, 2.24) is 14.9 Å². The van der Waals surface area contributed by atoms with Gasteiger partial charge in [-0.05, 0) is 19.8 Å². The molecule has 114 valence electrons. The minimum absolute atomic E-state index is 0.0408. The number of carbonyl (C=O) groups is 2. The summed E-state index contributed by atoms with van der Waals surface area (Å²) in [5.74, 6) is -1.03. The maximum absolute atomic E-state index is 12.5. The van der Waals surface area contributed by atoms with Gasteiger partial charge in [-0.15, -0.1) is 0 Å². The number of nitrogens with zero attached hydrogens (tertiary/aromatic N) is 2. The first kappa shape index (κ1) is 15.2. The van der Waals surface area contributed by atoms with Crippen LogP contribution in [0.1, 0.15) is 54.5 Å². The molecule has 1 atom stereocenters. The normalized spacial score (nSPS) is 18.3. The number of aromatic nitrogens is 2. The molecule has 1 aliphatic rings. The van der Waals surface area contributed by atoms with Gasteiger partial charge in [0.15, 0.2) is 0 Å². The standard InChI is InChI=1S/C14H19N3O4/c1-7(2)11-15-8(3)10(12(18)16-11)13(19)17-6-4-5-9(17)14(20)21/h7,9H,4-6H2,1-3H3,(H,20,21)(H,15,16,18)/t9-/m1/s1. The molecule has 1 saturated heterocycles. The van der Waals surface area contributed by atoms with E-state index in [9.17, 15) is 14.4 Å². The largest absolute Gasteiger partial charge is 0.480 e. The molecule has 1 aromatic heterocycles.